The highest BCUT2D eigenvalue weighted by Gasteiger charge is 2.51. The minimum absolute atomic E-state index is 0.0794. The molecule has 1 heterocycles. The minimum atomic E-state index is -0.0794. The van der Waals surface area contributed by atoms with E-state index in [2.05, 4.69) is 122 Å². The fraction of sp³-hybridized carbons (Fsp3) is 0.388. The molecule has 4 bridgehead atoms. The number of thiophene rings is 1. The van der Waals surface area contributed by atoms with Gasteiger partial charge in [-0.25, -0.2) is 0 Å². The molecule has 2 heteroatoms. The normalized spacial score (nSPS) is 26.1. The molecule has 0 spiro atoms. The third kappa shape index (κ3) is 4.77. The molecule has 51 heavy (non-hydrogen) atoms. The van der Waals surface area contributed by atoms with Crippen LogP contribution in [0.1, 0.15) is 113 Å². The summed E-state index contributed by atoms with van der Waals surface area (Å²) >= 11 is 1.93. The van der Waals surface area contributed by atoms with Crippen LogP contribution in [0.3, 0.4) is 0 Å². The lowest BCUT2D eigenvalue weighted by atomic mass is 9.48. The topological polar surface area (TPSA) is 3.24 Å². The van der Waals surface area contributed by atoms with Gasteiger partial charge in [0.1, 0.15) is 0 Å². The van der Waals surface area contributed by atoms with Gasteiger partial charge in [-0.3, -0.25) is 0 Å². The first kappa shape index (κ1) is 30.7. The van der Waals surface area contributed by atoms with Crippen molar-refractivity contribution in [3.63, 3.8) is 0 Å². The van der Waals surface area contributed by atoms with Gasteiger partial charge in [-0.2, -0.15) is 0 Å². The fourth-order valence-corrected chi connectivity index (χ4v) is 13.4. The molecule has 0 unspecified atom stereocenters. The van der Waals surface area contributed by atoms with Crippen molar-refractivity contribution >= 4 is 48.6 Å². The Labute approximate surface area is 307 Å². The van der Waals surface area contributed by atoms with E-state index in [0.717, 1.165) is 17.8 Å². The van der Waals surface area contributed by atoms with Crippen LogP contribution in [-0.2, 0) is 10.8 Å². The highest BCUT2D eigenvalue weighted by molar-refractivity contribution is 7.25. The summed E-state index contributed by atoms with van der Waals surface area (Å²) in [5.41, 5.74) is 12.9. The van der Waals surface area contributed by atoms with Crippen molar-refractivity contribution in [2.75, 3.05) is 4.90 Å². The van der Waals surface area contributed by atoms with Crippen molar-refractivity contribution in [2.45, 2.75) is 101 Å². The van der Waals surface area contributed by atoms with Crippen LogP contribution in [0.2, 0.25) is 0 Å². The molecule has 0 amide bonds. The van der Waals surface area contributed by atoms with Gasteiger partial charge >= 0.3 is 0 Å². The Bertz CT molecular complexity index is 2260. The smallest absolute Gasteiger partial charge is 0.0465 e. The van der Waals surface area contributed by atoms with E-state index < -0.39 is 0 Å². The Morgan fingerprint density at radius 1 is 0.569 bits per heavy atom. The standard InChI is InChI=1S/C49H49NS/c1-48(2)44-25-39(20-21-40(44)42-26-43-41-10-6-7-11-46(41)51-47(43)27-45(42)48)50(37-16-12-35(13-17-37)34-8-4-3-5-9-34)38-18-14-36(15-19-38)49-28-31-22-32(29-49)24-33(23-31)30-49/h6-7,10-21,25-27,31-34H,3-5,8-9,22-24,28-30H2,1-2H3. The first-order valence-corrected chi connectivity index (χ1v) is 20.8. The van der Waals surface area contributed by atoms with Crippen molar-refractivity contribution in [1.29, 1.82) is 0 Å². The molecule has 1 nitrogen and oxygen atoms in total. The molecule has 0 aliphatic heterocycles. The van der Waals surface area contributed by atoms with Gasteiger partial charge in [-0.15, -0.1) is 11.3 Å². The van der Waals surface area contributed by atoms with Crippen LogP contribution in [0.5, 0.6) is 0 Å². The maximum Gasteiger partial charge on any atom is 0.0465 e. The number of hydrogen-bond donors (Lipinski definition) is 0. The van der Waals surface area contributed by atoms with Gasteiger partial charge in [0.25, 0.3) is 0 Å². The quantitative estimate of drug-likeness (QED) is 0.175. The summed E-state index contributed by atoms with van der Waals surface area (Å²) < 4.78 is 2.78. The molecule has 5 aromatic carbocycles. The van der Waals surface area contributed by atoms with E-state index >= 15 is 0 Å². The second-order valence-corrected chi connectivity index (χ2v) is 18.9. The second kappa shape index (κ2) is 11.3. The maximum absolute atomic E-state index is 2.54. The van der Waals surface area contributed by atoms with Gasteiger partial charge in [0.15, 0.2) is 0 Å². The average molecular weight is 684 g/mol. The van der Waals surface area contributed by atoms with Gasteiger partial charge in [-0.05, 0) is 168 Å². The van der Waals surface area contributed by atoms with Gasteiger partial charge < -0.3 is 4.90 Å². The molecule has 5 fully saturated rings. The third-order valence-electron chi connectivity index (χ3n) is 14.4. The van der Waals surface area contributed by atoms with Crippen LogP contribution in [0, 0.1) is 17.8 Å². The lowest BCUT2D eigenvalue weighted by molar-refractivity contribution is -0.00518. The number of anilines is 3. The predicted molar refractivity (Wildman–Crippen MR) is 217 cm³/mol. The molecule has 0 saturated heterocycles. The molecule has 12 rings (SSSR count). The summed E-state index contributed by atoms with van der Waals surface area (Å²) in [6, 6.07) is 40.9. The molecule has 6 aliphatic carbocycles. The SMILES string of the molecule is CC1(C)c2cc(N(c3ccc(C4CCCCC4)cc3)c3ccc(C45CC6CC(CC(C6)C4)C5)cc3)ccc2-c2cc3c(cc21)sc1ccccc13. The van der Waals surface area contributed by atoms with Gasteiger partial charge in [0.05, 0.1) is 0 Å². The first-order valence-electron chi connectivity index (χ1n) is 20.0. The highest BCUT2D eigenvalue weighted by atomic mass is 32.1. The number of hydrogen-bond acceptors (Lipinski definition) is 2. The predicted octanol–water partition coefficient (Wildman–Crippen LogP) is 14.3. The maximum atomic E-state index is 2.54. The molecule has 0 N–H and O–H groups in total. The Morgan fingerprint density at radius 2 is 1.20 bits per heavy atom. The molecular weight excluding hydrogens is 635 g/mol. The van der Waals surface area contributed by atoms with Gasteiger partial charge in [-0.1, -0.05) is 81.6 Å². The molecule has 1 aromatic heterocycles. The zero-order valence-electron chi connectivity index (χ0n) is 30.3. The molecule has 256 valence electrons. The Morgan fingerprint density at radius 3 is 1.90 bits per heavy atom. The molecule has 0 radical (unpaired) electrons. The van der Waals surface area contributed by atoms with E-state index in [1.165, 1.54) is 136 Å². The van der Waals surface area contributed by atoms with E-state index in [9.17, 15) is 0 Å². The average Bonchev–Trinajstić information content (AvgIpc) is 3.62. The zero-order chi connectivity index (χ0) is 33.9. The Hall–Kier alpha value is -3.88. The summed E-state index contributed by atoms with van der Waals surface area (Å²) in [5.74, 6) is 3.60. The molecule has 6 aliphatic rings. The van der Waals surface area contributed by atoms with Gasteiger partial charge in [0.2, 0.25) is 0 Å². The first-order chi connectivity index (χ1) is 24.9. The second-order valence-electron chi connectivity index (χ2n) is 17.9. The lowest BCUT2D eigenvalue weighted by Crippen LogP contribution is -2.48. The highest BCUT2D eigenvalue weighted by Crippen LogP contribution is 2.61. The zero-order valence-corrected chi connectivity index (χ0v) is 31.1. The van der Waals surface area contributed by atoms with E-state index in [1.54, 1.807) is 5.56 Å². The molecule has 0 atom stereocenters. The Kier molecular flexibility index (Phi) is 6.81. The number of rotatable bonds is 5. The van der Waals surface area contributed by atoms with E-state index in [4.69, 9.17) is 0 Å². The lowest BCUT2D eigenvalue weighted by Gasteiger charge is -2.57. The summed E-state index contributed by atoms with van der Waals surface area (Å²) in [6.07, 6.45) is 15.5. The number of nitrogens with zero attached hydrogens (tertiary/aromatic N) is 1. The summed E-state index contributed by atoms with van der Waals surface area (Å²) in [6.45, 7) is 4.87. The van der Waals surface area contributed by atoms with Crippen molar-refractivity contribution in [2.24, 2.45) is 17.8 Å². The van der Waals surface area contributed by atoms with Crippen molar-refractivity contribution in [3.05, 3.63) is 125 Å². The number of fused-ring (bicyclic) bond motifs is 6. The molecule has 5 saturated carbocycles. The van der Waals surface area contributed by atoms with Crippen LogP contribution in [0.15, 0.2) is 103 Å². The van der Waals surface area contributed by atoms with Gasteiger partial charge in [0, 0.05) is 42.6 Å². The fourth-order valence-electron chi connectivity index (χ4n) is 12.3. The summed E-state index contributed by atoms with van der Waals surface area (Å²) in [4.78, 5) is 2.54. The monoisotopic (exact) mass is 683 g/mol. The van der Waals surface area contributed by atoms with Crippen molar-refractivity contribution in [1.82, 2.24) is 0 Å². The largest absolute Gasteiger partial charge is 0.310 e. The van der Waals surface area contributed by atoms with Crippen LogP contribution < -0.4 is 4.90 Å². The van der Waals surface area contributed by atoms with E-state index in [0.29, 0.717) is 11.3 Å². The minimum Gasteiger partial charge on any atom is -0.310 e. The van der Waals surface area contributed by atoms with E-state index in [1.807, 2.05) is 11.3 Å². The Balaban J connectivity index is 1.01. The molecular formula is C49H49NS. The van der Waals surface area contributed by atoms with Crippen LogP contribution in [-0.4, -0.2) is 0 Å². The van der Waals surface area contributed by atoms with Crippen LogP contribution >= 0.6 is 11.3 Å². The van der Waals surface area contributed by atoms with E-state index in [-0.39, 0.29) is 5.41 Å². The summed E-state index contributed by atoms with van der Waals surface area (Å²) in [7, 11) is 0. The van der Waals surface area contributed by atoms with Crippen molar-refractivity contribution in [3.8, 4) is 11.1 Å². The summed E-state index contributed by atoms with van der Waals surface area (Å²) in [5, 5.41) is 2.77. The van der Waals surface area contributed by atoms with Crippen LogP contribution in [0.4, 0.5) is 17.1 Å². The van der Waals surface area contributed by atoms with Crippen molar-refractivity contribution < 1.29 is 0 Å². The van der Waals surface area contributed by atoms with Crippen LogP contribution in [0.25, 0.3) is 31.3 Å². The molecule has 6 aromatic rings. The number of benzene rings is 5. The third-order valence-corrected chi connectivity index (χ3v) is 15.6.